The Kier molecular flexibility index (Phi) is 6.39. The lowest BCUT2D eigenvalue weighted by Crippen LogP contribution is -2.45. The highest BCUT2D eigenvalue weighted by molar-refractivity contribution is 6.32. The van der Waals surface area contributed by atoms with Crippen LogP contribution >= 0.6 is 11.6 Å². The maximum atomic E-state index is 11.0. The van der Waals surface area contributed by atoms with Gasteiger partial charge in [0, 0.05) is 45.3 Å². The molecule has 0 N–H and O–H groups in total. The molecule has 2 aromatic rings. The number of nitro groups is 1. The number of rotatable bonds is 6. The zero-order chi connectivity index (χ0) is 18.4. The number of nitro benzene ring substituents is 1. The summed E-state index contributed by atoms with van der Waals surface area (Å²) >= 11 is 5.88. The predicted molar refractivity (Wildman–Crippen MR) is 105 cm³/mol. The quantitative estimate of drug-likeness (QED) is 0.567. The zero-order valence-electron chi connectivity index (χ0n) is 14.6. The van der Waals surface area contributed by atoms with Gasteiger partial charge in [0.25, 0.3) is 5.69 Å². The Balaban J connectivity index is 1.47. The first-order valence-electron chi connectivity index (χ1n) is 8.71. The van der Waals surface area contributed by atoms with E-state index >= 15 is 0 Å². The SMILES string of the molecule is O=[N+]([O-])c1cc(CN2CCN(C/C=C/c3ccccc3)CC2)ccc1Cl. The Labute approximate surface area is 158 Å². The van der Waals surface area contributed by atoms with Gasteiger partial charge in [0.15, 0.2) is 0 Å². The Morgan fingerprint density at radius 3 is 2.42 bits per heavy atom. The first-order chi connectivity index (χ1) is 12.6. The van der Waals surface area contributed by atoms with Gasteiger partial charge >= 0.3 is 0 Å². The second-order valence-electron chi connectivity index (χ2n) is 6.43. The van der Waals surface area contributed by atoms with Crippen LogP contribution < -0.4 is 0 Å². The fraction of sp³-hybridized carbons (Fsp3) is 0.300. The number of hydrogen-bond donors (Lipinski definition) is 0. The molecule has 0 spiro atoms. The molecule has 0 radical (unpaired) electrons. The summed E-state index contributed by atoms with van der Waals surface area (Å²) in [5.41, 5.74) is 2.13. The lowest BCUT2D eigenvalue weighted by molar-refractivity contribution is -0.384. The van der Waals surface area contributed by atoms with Crippen molar-refractivity contribution in [2.45, 2.75) is 6.54 Å². The fourth-order valence-corrected chi connectivity index (χ4v) is 3.27. The van der Waals surface area contributed by atoms with Crippen LogP contribution in [0.1, 0.15) is 11.1 Å². The van der Waals surface area contributed by atoms with Crippen molar-refractivity contribution in [2.75, 3.05) is 32.7 Å². The van der Waals surface area contributed by atoms with Crippen LogP contribution in [0.25, 0.3) is 6.08 Å². The van der Waals surface area contributed by atoms with E-state index in [9.17, 15) is 10.1 Å². The summed E-state index contributed by atoms with van der Waals surface area (Å²) in [6.45, 7) is 5.55. The van der Waals surface area contributed by atoms with Gasteiger partial charge in [0.1, 0.15) is 5.02 Å². The Bertz CT molecular complexity index is 772. The summed E-state index contributed by atoms with van der Waals surface area (Å²) in [7, 11) is 0. The van der Waals surface area contributed by atoms with Crippen molar-refractivity contribution in [3.05, 3.63) is 80.9 Å². The minimum Gasteiger partial charge on any atom is -0.297 e. The molecular formula is C20H22ClN3O2. The van der Waals surface area contributed by atoms with E-state index < -0.39 is 4.92 Å². The summed E-state index contributed by atoms with van der Waals surface area (Å²) in [5.74, 6) is 0. The molecule has 1 heterocycles. The third kappa shape index (κ3) is 5.14. The van der Waals surface area contributed by atoms with Crippen LogP contribution in [-0.4, -0.2) is 47.4 Å². The minimum atomic E-state index is -0.428. The van der Waals surface area contributed by atoms with Crippen LogP contribution in [0, 0.1) is 10.1 Å². The van der Waals surface area contributed by atoms with E-state index in [0.29, 0.717) is 6.54 Å². The molecule has 26 heavy (non-hydrogen) atoms. The average Bonchev–Trinajstić information content (AvgIpc) is 2.65. The predicted octanol–water partition coefficient (Wildman–Crippen LogP) is 4.08. The van der Waals surface area contributed by atoms with E-state index in [0.717, 1.165) is 38.3 Å². The molecule has 0 unspecified atom stereocenters. The van der Waals surface area contributed by atoms with Crippen molar-refractivity contribution in [1.29, 1.82) is 0 Å². The molecule has 0 aromatic heterocycles. The number of benzene rings is 2. The zero-order valence-corrected chi connectivity index (χ0v) is 15.3. The van der Waals surface area contributed by atoms with Crippen LogP contribution in [0.15, 0.2) is 54.6 Å². The van der Waals surface area contributed by atoms with Gasteiger partial charge in [-0.05, 0) is 17.2 Å². The molecule has 2 aromatic carbocycles. The van der Waals surface area contributed by atoms with Crippen LogP contribution in [-0.2, 0) is 6.54 Å². The molecule has 0 saturated carbocycles. The molecule has 1 aliphatic heterocycles. The smallest absolute Gasteiger partial charge is 0.288 e. The number of nitrogens with zero attached hydrogens (tertiary/aromatic N) is 3. The van der Waals surface area contributed by atoms with Gasteiger partial charge in [0.2, 0.25) is 0 Å². The van der Waals surface area contributed by atoms with Gasteiger partial charge in [-0.1, -0.05) is 60.2 Å². The average molecular weight is 372 g/mol. The molecule has 1 fully saturated rings. The number of hydrogen-bond acceptors (Lipinski definition) is 4. The second kappa shape index (κ2) is 8.94. The number of halogens is 1. The molecular weight excluding hydrogens is 350 g/mol. The number of piperazine rings is 1. The van der Waals surface area contributed by atoms with Crippen molar-refractivity contribution < 1.29 is 4.92 Å². The summed E-state index contributed by atoms with van der Waals surface area (Å²) in [6, 6.07) is 15.4. The van der Waals surface area contributed by atoms with Gasteiger partial charge in [-0.15, -0.1) is 0 Å². The molecule has 136 valence electrons. The Hall–Kier alpha value is -2.21. The molecule has 1 aliphatic rings. The van der Waals surface area contributed by atoms with E-state index in [4.69, 9.17) is 11.6 Å². The monoisotopic (exact) mass is 371 g/mol. The van der Waals surface area contributed by atoms with Crippen molar-refractivity contribution in [3.8, 4) is 0 Å². The normalized spacial score (nSPS) is 16.2. The van der Waals surface area contributed by atoms with Crippen molar-refractivity contribution >= 4 is 23.4 Å². The van der Waals surface area contributed by atoms with Gasteiger partial charge in [0.05, 0.1) is 4.92 Å². The van der Waals surface area contributed by atoms with Crippen molar-refractivity contribution in [1.82, 2.24) is 9.80 Å². The molecule has 0 aliphatic carbocycles. The third-order valence-electron chi connectivity index (χ3n) is 4.55. The highest BCUT2D eigenvalue weighted by Gasteiger charge is 2.18. The molecule has 0 amide bonds. The Morgan fingerprint density at radius 2 is 1.73 bits per heavy atom. The Morgan fingerprint density at radius 1 is 1.04 bits per heavy atom. The maximum Gasteiger partial charge on any atom is 0.288 e. The van der Waals surface area contributed by atoms with Gasteiger partial charge in [-0.25, -0.2) is 0 Å². The molecule has 0 atom stereocenters. The molecule has 6 heteroatoms. The van der Waals surface area contributed by atoms with E-state index in [-0.39, 0.29) is 10.7 Å². The summed E-state index contributed by atoms with van der Waals surface area (Å²) in [5, 5.41) is 11.2. The van der Waals surface area contributed by atoms with Crippen LogP contribution in [0.2, 0.25) is 5.02 Å². The van der Waals surface area contributed by atoms with Crippen LogP contribution in [0.4, 0.5) is 5.69 Å². The lowest BCUT2D eigenvalue weighted by atomic mass is 10.1. The van der Waals surface area contributed by atoms with E-state index in [1.54, 1.807) is 12.1 Å². The van der Waals surface area contributed by atoms with Crippen LogP contribution in [0.5, 0.6) is 0 Å². The highest BCUT2D eigenvalue weighted by Crippen LogP contribution is 2.25. The standard InChI is InChI=1S/C20H22ClN3O2/c21-19-9-8-18(15-20(19)24(25)26)16-23-13-11-22(12-14-23)10-4-7-17-5-2-1-3-6-17/h1-9,15H,10-14,16H2/b7-4+. The first kappa shape index (κ1) is 18.6. The fourth-order valence-electron chi connectivity index (χ4n) is 3.09. The summed E-state index contributed by atoms with van der Waals surface area (Å²) < 4.78 is 0. The molecule has 0 bridgehead atoms. The topological polar surface area (TPSA) is 49.6 Å². The first-order valence-corrected chi connectivity index (χ1v) is 9.09. The van der Waals surface area contributed by atoms with Crippen molar-refractivity contribution in [2.24, 2.45) is 0 Å². The third-order valence-corrected chi connectivity index (χ3v) is 4.87. The largest absolute Gasteiger partial charge is 0.297 e. The molecule has 5 nitrogen and oxygen atoms in total. The van der Waals surface area contributed by atoms with E-state index in [1.165, 1.54) is 5.56 Å². The van der Waals surface area contributed by atoms with Crippen LogP contribution in [0.3, 0.4) is 0 Å². The maximum absolute atomic E-state index is 11.0. The highest BCUT2D eigenvalue weighted by atomic mass is 35.5. The second-order valence-corrected chi connectivity index (χ2v) is 6.84. The van der Waals surface area contributed by atoms with E-state index in [2.05, 4.69) is 34.1 Å². The summed E-state index contributed by atoms with van der Waals surface area (Å²) in [6.07, 6.45) is 4.35. The van der Waals surface area contributed by atoms with E-state index in [1.807, 2.05) is 24.3 Å². The lowest BCUT2D eigenvalue weighted by Gasteiger charge is -2.34. The minimum absolute atomic E-state index is 0.0196. The molecule has 3 rings (SSSR count). The van der Waals surface area contributed by atoms with Gasteiger partial charge in [-0.2, -0.15) is 0 Å². The summed E-state index contributed by atoms with van der Waals surface area (Å²) in [4.78, 5) is 15.3. The molecule has 1 saturated heterocycles. The van der Waals surface area contributed by atoms with Gasteiger partial charge < -0.3 is 0 Å². The van der Waals surface area contributed by atoms with Gasteiger partial charge in [-0.3, -0.25) is 19.9 Å². The van der Waals surface area contributed by atoms with Crippen molar-refractivity contribution in [3.63, 3.8) is 0 Å².